The molecule has 2 aliphatic heterocycles. The first kappa shape index (κ1) is 15.7. The van der Waals surface area contributed by atoms with Crippen LogP contribution < -0.4 is 0 Å². The number of aryl methyl sites for hydroxylation is 1. The van der Waals surface area contributed by atoms with Crippen LogP contribution in [0.5, 0.6) is 0 Å². The largest absolute Gasteiger partial charge is 0.375 e. The molecular formula is C17H24N2O2S. The first-order valence-corrected chi connectivity index (χ1v) is 8.85. The number of ether oxygens (including phenoxy) is 1. The summed E-state index contributed by atoms with van der Waals surface area (Å²) in [6.07, 6.45) is 3.15. The number of carbonyl (C=O) groups is 1. The van der Waals surface area contributed by atoms with Gasteiger partial charge < -0.3 is 9.64 Å². The predicted octanol–water partition coefficient (Wildman–Crippen LogP) is 2.41. The van der Waals surface area contributed by atoms with E-state index in [-0.39, 0.29) is 12.0 Å². The van der Waals surface area contributed by atoms with Gasteiger partial charge in [0.25, 0.3) is 5.91 Å². The number of rotatable bonds is 3. The second kappa shape index (κ2) is 6.94. The van der Waals surface area contributed by atoms with E-state index in [0.717, 1.165) is 56.2 Å². The van der Waals surface area contributed by atoms with E-state index in [1.807, 2.05) is 29.3 Å². The molecule has 0 N–H and O–H groups in total. The molecule has 0 aliphatic carbocycles. The van der Waals surface area contributed by atoms with Gasteiger partial charge in [-0.1, -0.05) is 6.08 Å². The van der Waals surface area contributed by atoms with Gasteiger partial charge in [0.15, 0.2) is 0 Å². The number of fused-ring (bicyclic) bond motifs is 1. The average molecular weight is 320 g/mol. The Kier molecular flexibility index (Phi) is 4.96. The molecule has 0 radical (unpaired) electrons. The zero-order valence-corrected chi connectivity index (χ0v) is 14.0. The molecule has 0 unspecified atom stereocenters. The summed E-state index contributed by atoms with van der Waals surface area (Å²) in [5, 5.41) is 1.99. The fraction of sp³-hybridized carbons (Fsp3) is 0.588. The van der Waals surface area contributed by atoms with Crippen molar-refractivity contribution in [1.82, 2.24) is 9.80 Å². The van der Waals surface area contributed by atoms with Gasteiger partial charge in [-0.2, -0.15) is 0 Å². The van der Waals surface area contributed by atoms with Crippen LogP contribution in [0.1, 0.15) is 21.7 Å². The summed E-state index contributed by atoms with van der Waals surface area (Å²) < 4.78 is 6.05. The van der Waals surface area contributed by atoms with Gasteiger partial charge in [0.05, 0.1) is 17.6 Å². The van der Waals surface area contributed by atoms with Crippen molar-refractivity contribution in [1.29, 1.82) is 0 Å². The molecule has 0 bridgehead atoms. The monoisotopic (exact) mass is 320 g/mol. The smallest absolute Gasteiger partial charge is 0.264 e. The third kappa shape index (κ3) is 3.26. The van der Waals surface area contributed by atoms with Crippen molar-refractivity contribution >= 4 is 17.2 Å². The normalized spacial score (nSPS) is 26.3. The number of thiophene rings is 1. The van der Waals surface area contributed by atoms with E-state index in [1.165, 1.54) is 0 Å². The van der Waals surface area contributed by atoms with Crippen molar-refractivity contribution < 1.29 is 9.53 Å². The summed E-state index contributed by atoms with van der Waals surface area (Å²) in [5.41, 5.74) is 1.08. The quantitative estimate of drug-likeness (QED) is 0.802. The topological polar surface area (TPSA) is 32.8 Å². The van der Waals surface area contributed by atoms with Crippen LogP contribution in [0.15, 0.2) is 24.1 Å². The fourth-order valence-corrected chi connectivity index (χ4v) is 4.28. The number of piperidine rings is 1. The lowest BCUT2D eigenvalue weighted by Gasteiger charge is -2.38. The van der Waals surface area contributed by atoms with Gasteiger partial charge in [-0.25, -0.2) is 0 Å². The van der Waals surface area contributed by atoms with Gasteiger partial charge >= 0.3 is 0 Å². The van der Waals surface area contributed by atoms with Crippen molar-refractivity contribution in [2.45, 2.75) is 19.4 Å². The van der Waals surface area contributed by atoms with Crippen molar-refractivity contribution in [3.63, 3.8) is 0 Å². The Morgan fingerprint density at radius 1 is 1.50 bits per heavy atom. The van der Waals surface area contributed by atoms with Gasteiger partial charge in [0.1, 0.15) is 0 Å². The number of hydrogen-bond donors (Lipinski definition) is 0. The molecule has 0 saturated carbocycles. The van der Waals surface area contributed by atoms with Gasteiger partial charge in [-0.3, -0.25) is 9.69 Å². The summed E-state index contributed by atoms with van der Waals surface area (Å²) in [6.45, 7) is 11.1. The first-order chi connectivity index (χ1) is 10.7. The zero-order chi connectivity index (χ0) is 15.5. The highest BCUT2D eigenvalue weighted by Crippen LogP contribution is 2.26. The van der Waals surface area contributed by atoms with Crippen molar-refractivity contribution in [3.8, 4) is 0 Å². The Hall–Kier alpha value is -1.17. The molecule has 0 aromatic carbocycles. The van der Waals surface area contributed by atoms with Crippen LogP contribution in [0.4, 0.5) is 0 Å². The van der Waals surface area contributed by atoms with Crippen LogP contribution in [0.25, 0.3) is 0 Å². The summed E-state index contributed by atoms with van der Waals surface area (Å²) in [7, 11) is 0. The predicted molar refractivity (Wildman–Crippen MR) is 89.4 cm³/mol. The minimum atomic E-state index is 0.168. The molecule has 2 aliphatic rings. The van der Waals surface area contributed by atoms with E-state index in [4.69, 9.17) is 4.74 Å². The molecule has 0 spiro atoms. The van der Waals surface area contributed by atoms with Crippen molar-refractivity contribution in [3.05, 3.63) is 34.5 Å². The lowest BCUT2D eigenvalue weighted by molar-refractivity contribution is -0.0169. The van der Waals surface area contributed by atoms with Crippen LogP contribution in [-0.4, -0.2) is 61.1 Å². The highest BCUT2D eigenvalue weighted by atomic mass is 32.1. The molecule has 1 aromatic heterocycles. The van der Waals surface area contributed by atoms with Crippen LogP contribution in [0, 0.1) is 12.8 Å². The Morgan fingerprint density at radius 3 is 3.09 bits per heavy atom. The third-order valence-corrected chi connectivity index (χ3v) is 5.66. The lowest BCUT2D eigenvalue weighted by atomic mass is 9.93. The SMILES string of the molecule is C=CCN1CCO[C@@H]2CN(C(=O)c3sccc3C)CC[C@@H]2C1. The van der Waals surface area contributed by atoms with E-state index in [2.05, 4.69) is 11.5 Å². The Morgan fingerprint density at radius 2 is 2.36 bits per heavy atom. The lowest BCUT2D eigenvalue weighted by Crippen LogP contribution is -2.49. The van der Waals surface area contributed by atoms with Crippen LogP contribution >= 0.6 is 11.3 Å². The first-order valence-electron chi connectivity index (χ1n) is 7.97. The average Bonchev–Trinajstić information content (AvgIpc) is 2.83. The fourth-order valence-electron chi connectivity index (χ4n) is 3.39. The van der Waals surface area contributed by atoms with Crippen molar-refractivity contribution in [2.24, 2.45) is 5.92 Å². The molecule has 3 heterocycles. The molecule has 120 valence electrons. The van der Waals surface area contributed by atoms with E-state index in [1.54, 1.807) is 11.3 Å². The molecule has 2 fully saturated rings. The van der Waals surface area contributed by atoms with Crippen LogP contribution in [-0.2, 0) is 4.74 Å². The summed E-state index contributed by atoms with van der Waals surface area (Å²) in [4.78, 5) is 17.9. The molecule has 1 amide bonds. The Balaban J connectivity index is 1.65. The maximum Gasteiger partial charge on any atom is 0.264 e. The van der Waals surface area contributed by atoms with Gasteiger partial charge in [0, 0.05) is 38.6 Å². The van der Waals surface area contributed by atoms with Crippen LogP contribution in [0.2, 0.25) is 0 Å². The van der Waals surface area contributed by atoms with Gasteiger partial charge in [-0.15, -0.1) is 17.9 Å². The minimum Gasteiger partial charge on any atom is -0.375 e. The molecule has 5 heteroatoms. The molecule has 2 saturated heterocycles. The number of nitrogens with zero attached hydrogens (tertiary/aromatic N) is 2. The highest BCUT2D eigenvalue weighted by molar-refractivity contribution is 7.12. The molecule has 22 heavy (non-hydrogen) atoms. The summed E-state index contributed by atoms with van der Waals surface area (Å²) in [5.74, 6) is 0.692. The Bertz CT molecular complexity index is 543. The molecule has 2 atom stereocenters. The molecule has 1 aromatic rings. The number of carbonyl (C=O) groups excluding carboxylic acids is 1. The van der Waals surface area contributed by atoms with Crippen LogP contribution in [0.3, 0.4) is 0 Å². The highest BCUT2D eigenvalue weighted by Gasteiger charge is 2.35. The maximum absolute atomic E-state index is 12.7. The van der Waals surface area contributed by atoms with E-state index < -0.39 is 0 Å². The third-order valence-electron chi connectivity index (χ3n) is 4.66. The summed E-state index contributed by atoms with van der Waals surface area (Å²) >= 11 is 1.54. The number of amides is 1. The van der Waals surface area contributed by atoms with Gasteiger partial charge in [0.2, 0.25) is 0 Å². The zero-order valence-electron chi connectivity index (χ0n) is 13.2. The Labute approximate surface area is 136 Å². The summed E-state index contributed by atoms with van der Waals surface area (Å²) in [6, 6.07) is 2.01. The van der Waals surface area contributed by atoms with E-state index >= 15 is 0 Å². The molecule has 3 rings (SSSR count). The second-order valence-electron chi connectivity index (χ2n) is 6.19. The van der Waals surface area contributed by atoms with Gasteiger partial charge in [-0.05, 0) is 30.4 Å². The second-order valence-corrected chi connectivity index (χ2v) is 7.11. The minimum absolute atomic E-state index is 0.168. The van der Waals surface area contributed by atoms with E-state index in [0.29, 0.717) is 5.92 Å². The molecule has 4 nitrogen and oxygen atoms in total. The van der Waals surface area contributed by atoms with Crippen molar-refractivity contribution in [2.75, 3.05) is 39.3 Å². The van der Waals surface area contributed by atoms with E-state index in [9.17, 15) is 4.79 Å². The standard InChI is InChI=1S/C17H24N2O2S/c1-3-6-18-8-9-21-15-12-19(7-4-14(15)11-18)17(20)16-13(2)5-10-22-16/h3,5,10,14-15H,1,4,6-9,11-12H2,2H3/t14-,15-/m1/s1. The number of likely N-dealkylation sites (tertiary alicyclic amines) is 1. The molecular weight excluding hydrogens is 296 g/mol. The number of hydrogen-bond acceptors (Lipinski definition) is 4. The maximum atomic E-state index is 12.7.